The van der Waals surface area contributed by atoms with Crippen molar-refractivity contribution in [1.82, 2.24) is 4.98 Å². The van der Waals surface area contributed by atoms with Crippen LogP contribution in [-0.4, -0.2) is 21.2 Å². The number of carboxylic acid groups (broad SMARTS) is 1. The molecule has 0 atom stereocenters. The highest BCUT2D eigenvalue weighted by atomic mass is 127. The highest BCUT2D eigenvalue weighted by Crippen LogP contribution is 2.30. The van der Waals surface area contributed by atoms with Crippen LogP contribution in [0, 0.1) is 3.57 Å². The van der Waals surface area contributed by atoms with Crippen molar-refractivity contribution in [3.63, 3.8) is 0 Å². The lowest BCUT2D eigenvalue weighted by Crippen LogP contribution is -2.06. The average Bonchev–Trinajstić information content (AvgIpc) is 2.11. The standard InChI is InChI=1S/C8H6F2INO3/c9-8(10)7-6(11)3(1-5(14)15)4(13)2-12-7/h2,8,13H,1H2,(H,14,15). The molecule has 0 fully saturated rings. The van der Waals surface area contributed by atoms with Gasteiger partial charge in [-0.3, -0.25) is 9.78 Å². The molecule has 1 aromatic heterocycles. The number of hydrogen-bond donors (Lipinski definition) is 2. The Balaban J connectivity index is 3.23. The van der Waals surface area contributed by atoms with Crippen molar-refractivity contribution in [2.45, 2.75) is 12.8 Å². The fraction of sp³-hybridized carbons (Fsp3) is 0.250. The molecule has 0 aliphatic heterocycles. The van der Waals surface area contributed by atoms with Crippen LogP contribution in [0.5, 0.6) is 5.75 Å². The van der Waals surface area contributed by atoms with Crippen LogP contribution < -0.4 is 0 Å². The third kappa shape index (κ3) is 2.74. The van der Waals surface area contributed by atoms with Crippen molar-refractivity contribution < 1.29 is 23.8 Å². The summed E-state index contributed by atoms with van der Waals surface area (Å²) in [6, 6.07) is 0. The van der Waals surface area contributed by atoms with Crippen molar-refractivity contribution >= 4 is 28.6 Å². The lowest BCUT2D eigenvalue weighted by atomic mass is 10.1. The highest BCUT2D eigenvalue weighted by molar-refractivity contribution is 14.1. The number of aromatic hydroxyl groups is 1. The Labute approximate surface area is 97.1 Å². The fourth-order valence-corrected chi connectivity index (χ4v) is 1.85. The number of carbonyl (C=O) groups is 1. The van der Waals surface area contributed by atoms with Gasteiger partial charge in [-0.1, -0.05) is 0 Å². The van der Waals surface area contributed by atoms with Crippen LogP contribution in [0.25, 0.3) is 0 Å². The molecular weight excluding hydrogens is 323 g/mol. The Kier molecular flexibility index (Phi) is 3.77. The van der Waals surface area contributed by atoms with Gasteiger partial charge in [0.05, 0.1) is 12.6 Å². The summed E-state index contributed by atoms with van der Waals surface area (Å²) in [5.74, 6) is -1.58. The molecule has 0 aromatic carbocycles. The number of halogens is 3. The quantitative estimate of drug-likeness (QED) is 0.832. The normalized spacial score (nSPS) is 10.7. The monoisotopic (exact) mass is 329 g/mol. The molecule has 1 rings (SSSR count). The van der Waals surface area contributed by atoms with Crippen molar-refractivity contribution in [3.8, 4) is 5.75 Å². The topological polar surface area (TPSA) is 70.4 Å². The number of pyridine rings is 1. The minimum absolute atomic E-state index is 0.00926. The van der Waals surface area contributed by atoms with Crippen LogP contribution in [0.1, 0.15) is 17.7 Å². The first-order chi connectivity index (χ1) is 6.93. The first kappa shape index (κ1) is 12.1. The maximum absolute atomic E-state index is 12.4. The second kappa shape index (κ2) is 4.69. The lowest BCUT2D eigenvalue weighted by Gasteiger charge is -2.08. The van der Waals surface area contributed by atoms with Gasteiger partial charge in [0.25, 0.3) is 6.43 Å². The van der Waals surface area contributed by atoms with E-state index in [-0.39, 0.29) is 14.9 Å². The van der Waals surface area contributed by atoms with Crippen molar-refractivity contribution in [2.24, 2.45) is 0 Å². The average molecular weight is 329 g/mol. The van der Waals surface area contributed by atoms with Gasteiger partial charge in [-0.15, -0.1) is 0 Å². The predicted molar refractivity (Wildman–Crippen MR) is 54.9 cm³/mol. The van der Waals surface area contributed by atoms with Gasteiger partial charge in [0.1, 0.15) is 11.4 Å². The van der Waals surface area contributed by atoms with Crippen molar-refractivity contribution in [3.05, 3.63) is 21.0 Å². The van der Waals surface area contributed by atoms with Crippen LogP contribution >= 0.6 is 22.6 Å². The third-order valence-corrected chi connectivity index (χ3v) is 2.86. The van der Waals surface area contributed by atoms with E-state index in [1.807, 2.05) is 0 Å². The molecule has 0 bridgehead atoms. The van der Waals surface area contributed by atoms with Crippen molar-refractivity contribution in [2.75, 3.05) is 0 Å². The van der Waals surface area contributed by atoms with Crippen LogP contribution in [-0.2, 0) is 11.2 Å². The van der Waals surface area contributed by atoms with E-state index < -0.39 is 24.5 Å². The zero-order valence-electron chi connectivity index (χ0n) is 7.25. The highest BCUT2D eigenvalue weighted by Gasteiger charge is 2.20. The summed E-state index contributed by atoms with van der Waals surface area (Å²) in [5.41, 5.74) is -0.543. The summed E-state index contributed by atoms with van der Waals surface area (Å²) in [5, 5.41) is 17.8. The van der Waals surface area contributed by atoms with E-state index in [9.17, 15) is 18.7 Å². The Bertz CT molecular complexity index is 398. The van der Waals surface area contributed by atoms with Crippen LogP contribution in [0.3, 0.4) is 0 Å². The zero-order chi connectivity index (χ0) is 11.6. The molecule has 0 aliphatic carbocycles. The van der Waals surface area contributed by atoms with Gasteiger partial charge in [-0.2, -0.15) is 0 Å². The number of hydrogen-bond acceptors (Lipinski definition) is 3. The molecule has 82 valence electrons. The Morgan fingerprint density at radius 1 is 1.60 bits per heavy atom. The maximum atomic E-state index is 12.4. The second-order valence-electron chi connectivity index (χ2n) is 2.69. The first-order valence-electron chi connectivity index (χ1n) is 3.79. The molecule has 0 saturated heterocycles. The van der Waals surface area contributed by atoms with E-state index >= 15 is 0 Å². The molecule has 0 aliphatic rings. The molecule has 1 heterocycles. The largest absolute Gasteiger partial charge is 0.506 e. The zero-order valence-corrected chi connectivity index (χ0v) is 9.40. The molecule has 2 N–H and O–H groups in total. The molecule has 0 unspecified atom stereocenters. The molecule has 0 amide bonds. The van der Waals surface area contributed by atoms with E-state index in [1.165, 1.54) is 0 Å². The molecule has 0 spiro atoms. The van der Waals surface area contributed by atoms with E-state index in [2.05, 4.69) is 4.98 Å². The van der Waals surface area contributed by atoms with Gasteiger partial charge in [-0.25, -0.2) is 8.78 Å². The minimum Gasteiger partial charge on any atom is -0.506 e. The lowest BCUT2D eigenvalue weighted by molar-refractivity contribution is -0.136. The SMILES string of the molecule is O=C(O)Cc1c(O)cnc(C(F)F)c1I. The third-order valence-electron chi connectivity index (χ3n) is 1.66. The van der Waals surface area contributed by atoms with Gasteiger partial charge < -0.3 is 10.2 Å². The molecule has 0 radical (unpaired) electrons. The van der Waals surface area contributed by atoms with Crippen LogP contribution in [0.15, 0.2) is 6.20 Å². The fourth-order valence-electron chi connectivity index (χ4n) is 1.00. The van der Waals surface area contributed by atoms with Crippen molar-refractivity contribution in [1.29, 1.82) is 0 Å². The van der Waals surface area contributed by atoms with E-state index in [0.717, 1.165) is 6.20 Å². The number of alkyl halides is 2. The molecular formula is C8H6F2INO3. The summed E-state index contributed by atoms with van der Waals surface area (Å²) in [4.78, 5) is 13.8. The molecule has 0 saturated carbocycles. The summed E-state index contributed by atoms with van der Waals surface area (Å²) in [6.07, 6.45) is -2.46. The van der Waals surface area contributed by atoms with Crippen LogP contribution in [0.4, 0.5) is 8.78 Å². The summed E-state index contributed by atoms with van der Waals surface area (Å²) >= 11 is 1.55. The summed E-state index contributed by atoms with van der Waals surface area (Å²) in [6.45, 7) is 0. The first-order valence-corrected chi connectivity index (χ1v) is 4.87. The van der Waals surface area contributed by atoms with E-state index in [0.29, 0.717) is 0 Å². The number of aromatic nitrogens is 1. The maximum Gasteiger partial charge on any atom is 0.308 e. The second-order valence-corrected chi connectivity index (χ2v) is 3.77. The molecule has 4 nitrogen and oxygen atoms in total. The summed E-state index contributed by atoms with van der Waals surface area (Å²) < 4.78 is 24.8. The summed E-state index contributed by atoms with van der Waals surface area (Å²) in [7, 11) is 0. The predicted octanol–water partition coefficient (Wildman–Crippen LogP) is 1.96. The van der Waals surface area contributed by atoms with Gasteiger partial charge in [-0.05, 0) is 22.6 Å². The Hall–Kier alpha value is -0.990. The molecule has 1 aromatic rings. The van der Waals surface area contributed by atoms with E-state index in [4.69, 9.17) is 5.11 Å². The van der Waals surface area contributed by atoms with Gasteiger partial charge in [0, 0.05) is 9.13 Å². The number of nitrogens with zero attached hydrogens (tertiary/aromatic N) is 1. The smallest absolute Gasteiger partial charge is 0.308 e. The van der Waals surface area contributed by atoms with Gasteiger partial charge >= 0.3 is 5.97 Å². The number of rotatable bonds is 3. The number of carboxylic acids is 1. The minimum atomic E-state index is -2.79. The van der Waals surface area contributed by atoms with E-state index in [1.54, 1.807) is 22.6 Å². The van der Waals surface area contributed by atoms with Gasteiger partial charge in [0.15, 0.2) is 0 Å². The number of aliphatic carboxylic acids is 1. The Morgan fingerprint density at radius 3 is 2.67 bits per heavy atom. The van der Waals surface area contributed by atoms with Gasteiger partial charge in [0.2, 0.25) is 0 Å². The molecule has 15 heavy (non-hydrogen) atoms. The van der Waals surface area contributed by atoms with Crippen LogP contribution in [0.2, 0.25) is 0 Å². The Morgan fingerprint density at radius 2 is 2.20 bits per heavy atom. The molecule has 7 heteroatoms.